The number of rotatable bonds is 0. The van der Waals surface area contributed by atoms with E-state index in [1.165, 1.54) is 17.7 Å². The van der Waals surface area contributed by atoms with Crippen molar-refractivity contribution in [1.29, 1.82) is 0 Å². The predicted octanol–water partition coefficient (Wildman–Crippen LogP) is 4.06. The van der Waals surface area contributed by atoms with Crippen molar-refractivity contribution in [3.63, 3.8) is 0 Å². The summed E-state index contributed by atoms with van der Waals surface area (Å²) in [7, 11) is 0. The van der Waals surface area contributed by atoms with E-state index in [1.807, 2.05) is 6.07 Å². The molecule has 1 N–H and O–H groups in total. The minimum absolute atomic E-state index is 0.359. The van der Waals surface area contributed by atoms with Crippen molar-refractivity contribution in [2.24, 2.45) is 0 Å². The molecule has 2 aromatic rings. The Bertz CT molecular complexity index is 749. The van der Waals surface area contributed by atoms with Crippen molar-refractivity contribution in [3.8, 4) is 11.5 Å². The normalized spacial score (nSPS) is 19.0. The molecule has 3 heteroatoms. The molecule has 1 heterocycles. The van der Waals surface area contributed by atoms with Crippen molar-refractivity contribution in [2.45, 2.75) is 25.4 Å². The van der Waals surface area contributed by atoms with Crippen LogP contribution in [0.15, 0.2) is 42.5 Å². The minimum Gasteiger partial charge on any atom is -0.456 e. The van der Waals surface area contributed by atoms with Crippen LogP contribution in [-0.2, 0) is 12.8 Å². The van der Waals surface area contributed by atoms with Gasteiger partial charge in [0.05, 0.1) is 0 Å². The first-order valence-electron chi connectivity index (χ1n) is 7.19. The maximum atomic E-state index is 13.4. The van der Waals surface area contributed by atoms with Gasteiger partial charge in [0.2, 0.25) is 0 Å². The van der Waals surface area contributed by atoms with Crippen LogP contribution in [0.3, 0.4) is 0 Å². The van der Waals surface area contributed by atoms with E-state index in [4.69, 9.17) is 4.74 Å². The third kappa shape index (κ3) is 1.96. The summed E-state index contributed by atoms with van der Waals surface area (Å²) < 4.78 is 19.2. The fourth-order valence-corrected chi connectivity index (χ4v) is 3.21. The van der Waals surface area contributed by atoms with Gasteiger partial charge in [-0.1, -0.05) is 18.2 Å². The largest absolute Gasteiger partial charge is 0.456 e. The van der Waals surface area contributed by atoms with Gasteiger partial charge in [-0.05, 0) is 48.6 Å². The summed E-state index contributed by atoms with van der Waals surface area (Å²) in [6.45, 7) is 0. The van der Waals surface area contributed by atoms with E-state index in [0.717, 1.165) is 30.4 Å². The molecule has 1 atom stereocenters. The highest BCUT2D eigenvalue weighted by molar-refractivity contribution is 5.57. The third-order valence-electron chi connectivity index (χ3n) is 4.25. The van der Waals surface area contributed by atoms with E-state index in [9.17, 15) is 9.50 Å². The molecule has 2 nitrogen and oxygen atoms in total. The molecule has 0 spiro atoms. The van der Waals surface area contributed by atoms with Crippen LogP contribution in [-0.4, -0.2) is 5.11 Å². The van der Waals surface area contributed by atoms with E-state index < -0.39 is 6.10 Å². The average Bonchev–Trinajstić information content (AvgIpc) is 2.72. The van der Waals surface area contributed by atoms with Crippen LogP contribution in [0.5, 0.6) is 11.5 Å². The molecular formula is C18H15FO2. The highest BCUT2D eigenvalue weighted by Gasteiger charge is 2.29. The summed E-state index contributed by atoms with van der Waals surface area (Å²) >= 11 is 0. The lowest BCUT2D eigenvalue weighted by Gasteiger charge is -2.28. The molecule has 4 rings (SSSR count). The van der Waals surface area contributed by atoms with Gasteiger partial charge in [0.15, 0.2) is 0 Å². The molecule has 1 unspecified atom stereocenters. The Hall–Kier alpha value is -2.13. The number of fused-ring (bicyclic) bond motifs is 4. The van der Waals surface area contributed by atoms with E-state index in [-0.39, 0.29) is 5.82 Å². The molecule has 0 saturated carbocycles. The van der Waals surface area contributed by atoms with Gasteiger partial charge in [0.25, 0.3) is 0 Å². The average molecular weight is 282 g/mol. The number of halogens is 1. The number of benzene rings is 2. The molecular weight excluding hydrogens is 267 g/mol. The summed E-state index contributed by atoms with van der Waals surface area (Å²) in [6, 6.07) is 8.23. The van der Waals surface area contributed by atoms with Gasteiger partial charge in [0, 0.05) is 17.2 Å². The zero-order chi connectivity index (χ0) is 14.4. The van der Waals surface area contributed by atoms with Crippen LogP contribution >= 0.6 is 0 Å². The van der Waals surface area contributed by atoms with Crippen LogP contribution in [0.25, 0.3) is 0 Å². The second-order valence-corrected chi connectivity index (χ2v) is 5.52. The van der Waals surface area contributed by atoms with Crippen LogP contribution in [0.4, 0.5) is 4.39 Å². The zero-order valence-electron chi connectivity index (χ0n) is 11.5. The molecule has 0 saturated heterocycles. The first-order valence-corrected chi connectivity index (χ1v) is 7.19. The number of ether oxygens (including phenoxy) is 1. The number of hydrogen-bond donors (Lipinski definition) is 1. The Morgan fingerprint density at radius 2 is 2.00 bits per heavy atom. The van der Waals surface area contributed by atoms with Crippen molar-refractivity contribution in [3.05, 3.63) is 70.6 Å². The van der Waals surface area contributed by atoms with Gasteiger partial charge >= 0.3 is 0 Å². The van der Waals surface area contributed by atoms with E-state index in [0.29, 0.717) is 17.1 Å². The van der Waals surface area contributed by atoms with E-state index in [2.05, 4.69) is 18.2 Å². The lowest BCUT2D eigenvalue weighted by atomic mass is 9.88. The standard InChI is InChI=1S/C18H15FO2/c19-12-7-8-14-16(10-12)21-15-9-6-11-4-2-1-3-5-13(11)17(15)18(14)20/h1,3,6-10,18,20H,2,4-5H2. The van der Waals surface area contributed by atoms with E-state index in [1.54, 1.807) is 6.07 Å². The van der Waals surface area contributed by atoms with Crippen molar-refractivity contribution >= 4 is 0 Å². The molecule has 106 valence electrons. The van der Waals surface area contributed by atoms with Crippen molar-refractivity contribution < 1.29 is 14.2 Å². The zero-order valence-corrected chi connectivity index (χ0v) is 11.5. The second-order valence-electron chi connectivity index (χ2n) is 5.52. The van der Waals surface area contributed by atoms with Crippen LogP contribution in [0, 0.1) is 5.82 Å². The van der Waals surface area contributed by atoms with Crippen LogP contribution in [0.2, 0.25) is 0 Å². The topological polar surface area (TPSA) is 29.5 Å². The molecule has 0 bridgehead atoms. The molecule has 0 radical (unpaired) electrons. The first-order chi connectivity index (χ1) is 10.2. The number of aryl methyl sites for hydroxylation is 1. The summed E-state index contributed by atoms with van der Waals surface area (Å²) in [6.07, 6.45) is 6.35. The number of aliphatic hydroxyl groups excluding tert-OH is 1. The number of allylic oxidation sites excluding steroid dienone is 2. The highest BCUT2D eigenvalue weighted by atomic mass is 19.1. The first kappa shape index (κ1) is 12.6. The Balaban J connectivity index is 1.90. The predicted molar refractivity (Wildman–Crippen MR) is 78.1 cm³/mol. The smallest absolute Gasteiger partial charge is 0.136 e. The summed E-state index contributed by atoms with van der Waals surface area (Å²) in [4.78, 5) is 0. The Kier molecular flexibility index (Phi) is 2.82. The van der Waals surface area contributed by atoms with Gasteiger partial charge in [-0.3, -0.25) is 0 Å². The maximum absolute atomic E-state index is 13.4. The third-order valence-corrected chi connectivity index (χ3v) is 4.25. The molecule has 21 heavy (non-hydrogen) atoms. The second kappa shape index (κ2) is 4.71. The highest BCUT2D eigenvalue weighted by Crippen LogP contribution is 2.45. The fourth-order valence-electron chi connectivity index (χ4n) is 3.21. The lowest BCUT2D eigenvalue weighted by molar-refractivity contribution is 0.201. The Morgan fingerprint density at radius 1 is 1.10 bits per heavy atom. The monoisotopic (exact) mass is 282 g/mol. The van der Waals surface area contributed by atoms with Crippen LogP contribution in [0.1, 0.15) is 34.8 Å². The Morgan fingerprint density at radius 3 is 2.90 bits per heavy atom. The number of aliphatic hydroxyl groups is 1. The Labute approximate surface area is 122 Å². The maximum Gasteiger partial charge on any atom is 0.136 e. The molecule has 2 aliphatic rings. The fraction of sp³-hybridized carbons (Fsp3) is 0.222. The van der Waals surface area contributed by atoms with Gasteiger partial charge in [0.1, 0.15) is 23.4 Å². The molecule has 2 aromatic carbocycles. The SMILES string of the molecule is OC1c2ccc(F)cc2Oc2ccc3c(c21)CC=CCC3. The number of hydrogen-bond acceptors (Lipinski definition) is 2. The molecule has 0 aromatic heterocycles. The summed E-state index contributed by atoms with van der Waals surface area (Å²) in [5.41, 5.74) is 3.86. The van der Waals surface area contributed by atoms with Gasteiger partial charge in [-0.2, -0.15) is 0 Å². The molecule has 0 fully saturated rings. The summed E-state index contributed by atoms with van der Waals surface area (Å²) in [5, 5.41) is 10.7. The van der Waals surface area contributed by atoms with Gasteiger partial charge < -0.3 is 9.84 Å². The molecule has 1 aliphatic carbocycles. The van der Waals surface area contributed by atoms with Crippen molar-refractivity contribution in [1.82, 2.24) is 0 Å². The lowest BCUT2D eigenvalue weighted by Crippen LogP contribution is -2.13. The molecule has 1 aliphatic heterocycles. The van der Waals surface area contributed by atoms with E-state index >= 15 is 0 Å². The molecule has 0 amide bonds. The quantitative estimate of drug-likeness (QED) is 0.738. The van der Waals surface area contributed by atoms with Gasteiger partial charge in [-0.25, -0.2) is 4.39 Å². The van der Waals surface area contributed by atoms with Crippen LogP contribution < -0.4 is 4.74 Å². The van der Waals surface area contributed by atoms with Crippen molar-refractivity contribution in [2.75, 3.05) is 0 Å². The van der Waals surface area contributed by atoms with Gasteiger partial charge in [-0.15, -0.1) is 0 Å². The minimum atomic E-state index is -0.759. The summed E-state index contributed by atoms with van der Waals surface area (Å²) in [5.74, 6) is 0.677.